The third-order valence-corrected chi connectivity index (χ3v) is 9.99. The molecule has 0 spiro atoms. The highest BCUT2D eigenvalue weighted by Gasteiger charge is 2.35. The van der Waals surface area contributed by atoms with Crippen LogP contribution >= 0.6 is 0 Å². The number of rotatable bonds is 8. The van der Waals surface area contributed by atoms with Gasteiger partial charge in [-0.15, -0.1) is 0 Å². The number of H-pyrrole nitrogens is 1. The number of aromatic nitrogens is 2. The van der Waals surface area contributed by atoms with Crippen molar-refractivity contribution >= 4 is 34.6 Å². The van der Waals surface area contributed by atoms with E-state index in [4.69, 9.17) is 0 Å². The molecule has 1 aromatic heterocycles. The number of anilines is 1. The van der Waals surface area contributed by atoms with Crippen molar-refractivity contribution in [3.8, 4) is 0 Å². The van der Waals surface area contributed by atoms with E-state index in [2.05, 4.69) is 34.7 Å². The van der Waals surface area contributed by atoms with Gasteiger partial charge in [-0.2, -0.15) is 5.10 Å². The lowest BCUT2D eigenvalue weighted by Gasteiger charge is -2.41. The minimum atomic E-state index is -0.654. The molecule has 234 valence electrons. The Hall–Kier alpha value is -4.08. The van der Waals surface area contributed by atoms with Crippen molar-refractivity contribution in [3.05, 3.63) is 59.8 Å². The summed E-state index contributed by atoms with van der Waals surface area (Å²) in [6, 6.07) is 13.0. The first-order valence-corrected chi connectivity index (χ1v) is 16.3. The molecule has 2 fully saturated rings. The number of benzene rings is 2. The summed E-state index contributed by atoms with van der Waals surface area (Å²) in [6.07, 6.45) is 8.02. The Morgan fingerprint density at radius 3 is 2.55 bits per heavy atom. The molecule has 0 radical (unpaired) electrons. The van der Waals surface area contributed by atoms with E-state index in [0.717, 1.165) is 53.6 Å². The Kier molecular flexibility index (Phi) is 9.04. The van der Waals surface area contributed by atoms with Gasteiger partial charge in [0.25, 0.3) is 0 Å². The average molecular weight is 600 g/mol. The number of urea groups is 2. The molecule has 6 rings (SSSR count). The van der Waals surface area contributed by atoms with Gasteiger partial charge in [-0.1, -0.05) is 51.0 Å². The molecule has 10 nitrogen and oxygen atoms in total. The van der Waals surface area contributed by atoms with E-state index in [1.54, 1.807) is 11.1 Å². The molecule has 44 heavy (non-hydrogen) atoms. The van der Waals surface area contributed by atoms with E-state index in [1.165, 1.54) is 12.8 Å². The molecule has 2 saturated heterocycles. The number of hydrogen-bond donors (Lipinski definition) is 3. The Labute approximate surface area is 259 Å². The van der Waals surface area contributed by atoms with E-state index in [-0.39, 0.29) is 24.0 Å². The van der Waals surface area contributed by atoms with Crippen LogP contribution in [-0.4, -0.2) is 81.1 Å². The fourth-order valence-corrected chi connectivity index (χ4v) is 7.29. The van der Waals surface area contributed by atoms with E-state index in [0.29, 0.717) is 50.7 Å². The number of hydrogen-bond acceptors (Lipinski definition) is 4. The van der Waals surface area contributed by atoms with Gasteiger partial charge < -0.3 is 25.3 Å². The fraction of sp³-hybridized carbons (Fsp3) is 0.529. The Morgan fingerprint density at radius 1 is 1.02 bits per heavy atom. The van der Waals surface area contributed by atoms with Crippen LogP contribution in [0.1, 0.15) is 63.5 Å². The molecule has 2 unspecified atom stereocenters. The Bertz CT molecular complexity index is 1470. The average Bonchev–Trinajstić information content (AvgIpc) is 3.52. The largest absolute Gasteiger partial charge is 0.341 e. The normalized spacial score (nSPS) is 19.4. The van der Waals surface area contributed by atoms with Crippen molar-refractivity contribution in [2.24, 2.45) is 11.8 Å². The SMILES string of the molecule is CCCC(C)C1CCN(C(=O)C(Cc2ccc3[nH]ncc3c2)NC(=O)N2CCC(N3Cc4ccccc4NC3=O)CC2)CC1. The standard InChI is InChI=1S/C34H45N7O3/c1-3-6-23(2)25-11-15-39(16-12-25)32(42)31(20-24-9-10-30-27(19-24)21-35-38-30)37-33(43)40-17-13-28(14-18-40)41-22-26-7-4-5-8-29(26)36-34(41)44/h4-5,7-10,19,21,23,25,28,31H,3,6,11-18,20,22H2,1-2H3,(H,35,38)(H,36,44)(H,37,43). The van der Waals surface area contributed by atoms with Crippen molar-refractivity contribution in [2.75, 3.05) is 31.5 Å². The number of carbonyl (C=O) groups excluding carboxylic acids is 3. The van der Waals surface area contributed by atoms with E-state index in [1.807, 2.05) is 52.3 Å². The monoisotopic (exact) mass is 599 g/mol. The summed E-state index contributed by atoms with van der Waals surface area (Å²) in [5.41, 5.74) is 3.90. The summed E-state index contributed by atoms with van der Waals surface area (Å²) >= 11 is 0. The maximum atomic E-state index is 14.0. The van der Waals surface area contributed by atoms with Gasteiger partial charge in [-0.25, -0.2) is 9.59 Å². The van der Waals surface area contributed by atoms with Gasteiger partial charge in [-0.05, 0) is 66.8 Å². The highest BCUT2D eigenvalue weighted by molar-refractivity contribution is 5.92. The maximum Gasteiger partial charge on any atom is 0.322 e. The van der Waals surface area contributed by atoms with Crippen molar-refractivity contribution in [2.45, 2.75) is 77.4 Å². The minimum absolute atomic E-state index is 0.00854. The van der Waals surface area contributed by atoms with Gasteiger partial charge in [0.05, 0.1) is 11.7 Å². The molecular weight excluding hydrogens is 554 g/mol. The first-order chi connectivity index (χ1) is 21.4. The van der Waals surface area contributed by atoms with Crippen LogP contribution in [0.5, 0.6) is 0 Å². The van der Waals surface area contributed by atoms with Crippen LogP contribution in [0.2, 0.25) is 0 Å². The smallest absolute Gasteiger partial charge is 0.322 e. The van der Waals surface area contributed by atoms with Crippen LogP contribution in [0, 0.1) is 11.8 Å². The first kappa shape index (κ1) is 30.0. The quantitative estimate of drug-likeness (QED) is 0.323. The molecule has 4 heterocycles. The number of carbonyl (C=O) groups is 3. The lowest BCUT2D eigenvalue weighted by atomic mass is 9.83. The van der Waals surface area contributed by atoms with Gasteiger partial charge in [0.1, 0.15) is 6.04 Å². The molecule has 3 N–H and O–H groups in total. The van der Waals surface area contributed by atoms with Crippen LogP contribution in [0.25, 0.3) is 10.9 Å². The number of nitrogens with one attached hydrogen (secondary N) is 3. The molecule has 0 aliphatic carbocycles. The second-order valence-electron chi connectivity index (χ2n) is 12.9. The van der Waals surface area contributed by atoms with Crippen LogP contribution in [0.3, 0.4) is 0 Å². The minimum Gasteiger partial charge on any atom is -0.341 e. The van der Waals surface area contributed by atoms with Gasteiger partial charge in [0, 0.05) is 56.3 Å². The van der Waals surface area contributed by atoms with Gasteiger partial charge in [0.2, 0.25) is 5.91 Å². The molecule has 3 aromatic rings. The zero-order valence-electron chi connectivity index (χ0n) is 25.9. The zero-order chi connectivity index (χ0) is 30.6. The van der Waals surface area contributed by atoms with E-state index >= 15 is 0 Å². The van der Waals surface area contributed by atoms with Crippen molar-refractivity contribution < 1.29 is 14.4 Å². The summed E-state index contributed by atoms with van der Waals surface area (Å²) < 4.78 is 0. The van der Waals surface area contributed by atoms with E-state index in [9.17, 15) is 14.4 Å². The number of nitrogens with zero attached hydrogens (tertiary/aromatic N) is 4. The molecular formula is C34H45N7O3. The predicted molar refractivity (Wildman–Crippen MR) is 171 cm³/mol. The summed E-state index contributed by atoms with van der Waals surface area (Å²) in [5.74, 6) is 1.31. The summed E-state index contributed by atoms with van der Waals surface area (Å²) in [6.45, 7) is 7.67. The molecule has 0 bridgehead atoms. The van der Waals surface area contributed by atoms with Gasteiger partial charge in [-0.3, -0.25) is 9.89 Å². The van der Waals surface area contributed by atoms with Crippen LogP contribution in [0.15, 0.2) is 48.7 Å². The molecule has 0 saturated carbocycles. The summed E-state index contributed by atoms with van der Waals surface area (Å²) in [5, 5.41) is 14.2. The summed E-state index contributed by atoms with van der Waals surface area (Å²) in [4.78, 5) is 46.1. The Balaban J connectivity index is 1.10. The number of fused-ring (bicyclic) bond motifs is 2. The number of amides is 5. The van der Waals surface area contributed by atoms with Crippen LogP contribution in [-0.2, 0) is 17.8 Å². The highest BCUT2D eigenvalue weighted by atomic mass is 16.2. The second kappa shape index (κ2) is 13.3. The lowest BCUT2D eigenvalue weighted by molar-refractivity contribution is -0.134. The lowest BCUT2D eigenvalue weighted by Crippen LogP contribution is -2.57. The van der Waals surface area contributed by atoms with Crippen molar-refractivity contribution in [1.29, 1.82) is 0 Å². The number of likely N-dealkylation sites (tertiary alicyclic amines) is 2. The topological polar surface area (TPSA) is 114 Å². The van der Waals surface area contributed by atoms with Crippen molar-refractivity contribution in [1.82, 2.24) is 30.2 Å². The highest BCUT2D eigenvalue weighted by Crippen LogP contribution is 2.29. The Morgan fingerprint density at radius 2 is 1.77 bits per heavy atom. The van der Waals surface area contributed by atoms with Gasteiger partial charge in [0.15, 0.2) is 0 Å². The van der Waals surface area contributed by atoms with E-state index < -0.39 is 6.04 Å². The molecule has 5 amide bonds. The second-order valence-corrected chi connectivity index (χ2v) is 12.9. The third-order valence-electron chi connectivity index (χ3n) is 9.99. The molecule has 2 atom stereocenters. The van der Waals surface area contributed by atoms with Crippen LogP contribution < -0.4 is 10.6 Å². The molecule has 10 heteroatoms. The number of aromatic amines is 1. The zero-order valence-corrected chi connectivity index (χ0v) is 25.9. The van der Waals surface area contributed by atoms with Gasteiger partial charge >= 0.3 is 12.1 Å². The molecule has 3 aliphatic rings. The summed E-state index contributed by atoms with van der Waals surface area (Å²) in [7, 11) is 0. The molecule has 2 aromatic carbocycles. The van der Waals surface area contributed by atoms with Crippen LogP contribution in [0.4, 0.5) is 15.3 Å². The first-order valence-electron chi connectivity index (χ1n) is 16.3. The fourth-order valence-electron chi connectivity index (χ4n) is 7.29. The predicted octanol–water partition coefficient (Wildman–Crippen LogP) is 5.37. The third kappa shape index (κ3) is 6.54. The number of para-hydroxylation sites is 1. The number of piperidine rings is 2. The van der Waals surface area contributed by atoms with Crippen molar-refractivity contribution in [3.63, 3.8) is 0 Å². The molecule has 3 aliphatic heterocycles. The maximum absolute atomic E-state index is 14.0.